The van der Waals surface area contributed by atoms with Crippen molar-refractivity contribution in [3.05, 3.63) is 107 Å². The van der Waals surface area contributed by atoms with Crippen molar-refractivity contribution in [1.29, 1.82) is 0 Å². The number of carbonyl (C=O) groups excluding carboxylic acids is 3. The number of benzene rings is 3. The molecule has 0 saturated carbocycles. The second-order valence-electron chi connectivity index (χ2n) is 8.75. The number of amides is 3. The highest BCUT2D eigenvalue weighted by Gasteiger charge is 2.37. The van der Waals surface area contributed by atoms with Gasteiger partial charge in [0, 0.05) is 12.8 Å². The van der Waals surface area contributed by atoms with Gasteiger partial charge in [-0.2, -0.15) is 0 Å². The fourth-order valence-corrected chi connectivity index (χ4v) is 4.30. The minimum Gasteiger partial charge on any atom is -0.445 e. The predicted molar refractivity (Wildman–Crippen MR) is 132 cm³/mol. The van der Waals surface area contributed by atoms with Gasteiger partial charge in [0.2, 0.25) is 11.8 Å². The van der Waals surface area contributed by atoms with Gasteiger partial charge in [0.1, 0.15) is 18.7 Å². The van der Waals surface area contributed by atoms with E-state index < -0.39 is 30.0 Å². The molecular weight excluding hydrogens is 442 g/mol. The largest absolute Gasteiger partial charge is 0.445 e. The van der Waals surface area contributed by atoms with Crippen molar-refractivity contribution >= 4 is 17.9 Å². The SMILES string of the molecule is Cc1ccccc1C[C@H](NC(=O)[C@@H]1Cc2ccccc2CN1C(=O)OCc1ccccc1)C(N)=O. The predicted octanol–water partition coefficient (Wildman–Crippen LogP) is 3.27. The molecule has 0 spiro atoms. The molecule has 0 radical (unpaired) electrons. The molecule has 7 heteroatoms. The minimum atomic E-state index is -0.900. The van der Waals surface area contributed by atoms with Crippen LogP contribution in [0.4, 0.5) is 4.79 Å². The first-order valence-electron chi connectivity index (χ1n) is 11.6. The molecule has 1 aliphatic rings. The van der Waals surface area contributed by atoms with E-state index >= 15 is 0 Å². The number of hydrogen-bond acceptors (Lipinski definition) is 4. The fraction of sp³-hybridized carbons (Fsp3) is 0.250. The lowest BCUT2D eigenvalue weighted by atomic mass is 9.93. The molecule has 0 unspecified atom stereocenters. The second kappa shape index (κ2) is 10.9. The van der Waals surface area contributed by atoms with Crippen LogP contribution in [0.1, 0.15) is 27.8 Å². The molecule has 35 heavy (non-hydrogen) atoms. The number of hydrogen-bond donors (Lipinski definition) is 2. The van der Waals surface area contributed by atoms with E-state index in [1.54, 1.807) is 0 Å². The summed E-state index contributed by atoms with van der Waals surface area (Å²) in [6.45, 7) is 2.28. The van der Waals surface area contributed by atoms with Crippen molar-refractivity contribution in [2.75, 3.05) is 0 Å². The van der Waals surface area contributed by atoms with Gasteiger partial charge in [-0.3, -0.25) is 14.5 Å². The first kappa shape index (κ1) is 24.0. The summed E-state index contributed by atoms with van der Waals surface area (Å²) in [5, 5.41) is 2.79. The number of ether oxygens (including phenoxy) is 1. The molecule has 0 aromatic heterocycles. The van der Waals surface area contributed by atoms with Crippen molar-refractivity contribution in [2.45, 2.75) is 45.0 Å². The van der Waals surface area contributed by atoms with E-state index in [2.05, 4.69) is 5.32 Å². The summed E-state index contributed by atoms with van der Waals surface area (Å²) < 4.78 is 5.54. The average molecular weight is 472 g/mol. The van der Waals surface area contributed by atoms with Crippen molar-refractivity contribution in [2.24, 2.45) is 5.73 Å². The lowest BCUT2D eigenvalue weighted by Crippen LogP contribution is -2.56. The summed E-state index contributed by atoms with van der Waals surface area (Å²) in [5.74, 6) is -1.07. The molecule has 0 fully saturated rings. The summed E-state index contributed by atoms with van der Waals surface area (Å²) in [4.78, 5) is 40.1. The van der Waals surface area contributed by atoms with Crippen LogP contribution < -0.4 is 11.1 Å². The van der Waals surface area contributed by atoms with Crippen LogP contribution in [0.15, 0.2) is 78.9 Å². The first-order valence-corrected chi connectivity index (χ1v) is 11.6. The zero-order valence-electron chi connectivity index (χ0n) is 19.6. The van der Waals surface area contributed by atoms with Crippen molar-refractivity contribution in [1.82, 2.24) is 10.2 Å². The maximum Gasteiger partial charge on any atom is 0.411 e. The highest BCUT2D eigenvalue weighted by atomic mass is 16.6. The smallest absolute Gasteiger partial charge is 0.411 e. The molecule has 3 aromatic rings. The van der Waals surface area contributed by atoms with Gasteiger partial charge in [0.05, 0.1) is 6.54 Å². The van der Waals surface area contributed by atoms with Crippen molar-refractivity contribution < 1.29 is 19.1 Å². The Balaban J connectivity index is 1.52. The van der Waals surface area contributed by atoms with Gasteiger partial charge in [-0.05, 0) is 34.7 Å². The Morgan fingerprint density at radius 3 is 2.34 bits per heavy atom. The zero-order valence-corrected chi connectivity index (χ0v) is 19.6. The van der Waals surface area contributed by atoms with Gasteiger partial charge in [-0.1, -0.05) is 78.9 Å². The van der Waals surface area contributed by atoms with Crippen LogP contribution in [0.3, 0.4) is 0 Å². The maximum absolute atomic E-state index is 13.4. The van der Waals surface area contributed by atoms with E-state index in [1.807, 2.05) is 85.8 Å². The van der Waals surface area contributed by atoms with Crippen molar-refractivity contribution in [3.8, 4) is 0 Å². The molecule has 3 aromatic carbocycles. The Morgan fingerprint density at radius 1 is 0.971 bits per heavy atom. The molecule has 0 aliphatic carbocycles. The van der Waals surface area contributed by atoms with E-state index in [9.17, 15) is 14.4 Å². The van der Waals surface area contributed by atoms with Gasteiger partial charge in [-0.15, -0.1) is 0 Å². The Morgan fingerprint density at radius 2 is 1.63 bits per heavy atom. The first-order chi connectivity index (χ1) is 16.9. The number of aryl methyl sites for hydroxylation is 1. The molecule has 7 nitrogen and oxygen atoms in total. The number of nitrogens with zero attached hydrogens (tertiary/aromatic N) is 1. The topological polar surface area (TPSA) is 102 Å². The summed E-state index contributed by atoms with van der Waals surface area (Å²) in [6, 6.07) is 23.0. The normalized spacial score (nSPS) is 15.6. The van der Waals surface area contributed by atoms with Crippen LogP contribution in [-0.2, 0) is 40.3 Å². The third kappa shape index (κ3) is 5.87. The summed E-state index contributed by atoms with van der Waals surface area (Å²) in [5.41, 5.74) is 10.4. The van der Waals surface area contributed by atoms with Gasteiger partial charge < -0.3 is 15.8 Å². The third-order valence-electron chi connectivity index (χ3n) is 6.34. The summed E-state index contributed by atoms with van der Waals surface area (Å²) in [6.07, 6.45) is 0.00592. The second-order valence-corrected chi connectivity index (χ2v) is 8.75. The summed E-state index contributed by atoms with van der Waals surface area (Å²) in [7, 11) is 0. The highest BCUT2D eigenvalue weighted by Crippen LogP contribution is 2.25. The van der Waals surface area contributed by atoms with Crippen LogP contribution in [0.2, 0.25) is 0 Å². The van der Waals surface area contributed by atoms with E-state index in [4.69, 9.17) is 10.5 Å². The molecule has 4 rings (SSSR count). The van der Waals surface area contributed by atoms with Gasteiger partial charge in [0.25, 0.3) is 0 Å². The Bertz CT molecular complexity index is 1210. The monoisotopic (exact) mass is 471 g/mol. The summed E-state index contributed by atoms with van der Waals surface area (Å²) >= 11 is 0. The van der Waals surface area contributed by atoms with Crippen LogP contribution in [-0.4, -0.2) is 34.9 Å². The molecule has 0 saturated heterocycles. The van der Waals surface area contributed by atoms with Crippen LogP contribution in [0.25, 0.3) is 0 Å². The minimum absolute atomic E-state index is 0.101. The van der Waals surface area contributed by atoms with E-state index in [1.165, 1.54) is 4.90 Å². The molecular formula is C28H29N3O4. The quantitative estimate of drug-likeness (QED) is 0.552. The number of fused-ring (bicyclic) bond motifs is 1. The van der Waals surface area contributed by atoms with Crippen LogP contribution >= 0.6 is 0 Å². The number of nitrogens with two attached hydrogens (primary N) is 1. The molecule has 3 amide bonds. The zero-order chi connectivity index (χ0) is 24.8. The van der Waals surface area contributed by atoms with E-state index in [0.29, 0.717) is 6.42 Å². The molecule has 180 valence electrons. The van der Waals surface area contributed by atoms with Crippen LogP contribution in [0, 0.1) is 6.92 Å². The number of rotatable bonds is 7. The fourth-order valence-electron chi connectivity index (χ4n) is 4.30. The lowest BCUT2D eigenvalue weighted by molar-refractivity contribution is -0.131. The number of carbonyl (C=O) groups is 3. The molecule has 0 bridgehead atoms. The molecule has 3 N–H and O–H groups in total. The van der Waals surface area contributed by atoms with Crippen LogP contribution in [0.5, 0.6) is 0 Å². The Labute approximate surface area is 204 Å². The van der Waals surface area contributed by atoms with Crippen molar-refractivity contribution in [3.63, 3.8) is 0 Å². The Kier molecular flexibility index (Phi) is 7.45. The van der Waals surface area contributed by atoms with E-state index in [0.717, 1.165) is 27.8 Å². The molecule has 1 heterocycles. The standard InChI is InChI=1S/C28H29N3O4/c1-19-9-5-6-12-21(19)15-24(26(29)32)30-27(33)25-16-22-13-7-8-14-23(22)17-31(25)28(34)35-18-20-10-3-2-4-11-20/h2-14,24-25H,15-18H2,1H3,(H2,29,32)(H,30,33)/t24-,25-/m0/s1. The number of nitrogens with one attached hydrogen (secondary N) is 1. The average Bonchev–Trinajstić information content (AvgIpc) is 2.87. The van der Waals surface area contributed by atoms with E-state index in [-0.39, 0.29) is 19.6 Å². The third-order valence-corrected chi connectivity index (χ3v) is 6.34. The molecule has 1 aliphatic heterocycles. The number of primary amides is 1. The molecule has 2 atom stereocenters. The Hall–Kier alpha value is -4.13. The maximum atomic E-state index is 13.4. The van der Waals surface area contributed by atoms with Gasteiger partial charge in [-0.25, -0.2) is 4.79 Å². The lowest BCUT2D eigenvalue weighted by Gasteiger charge is -2.35. The van der Waals surface area contributed by atoms with Gasteiger partial charge >= 0.3 is 6.09 Å². The highest BCUT2D eigenvalue weighted by molar-refractivity contribution is 5.91. The van der Waals surface area contributed by atoms with Gasteiger partial charge in [0.15, 0.2) is 0 Å².